The van der Waals surface area contributed by atoms with E-state index in [0.29, 0.717) is 23.9 Å². The van der Waals surface area contributed by atoms with Gasteiger partial charge < -0.3 is 24.9 Å². The Labute approximate surface area is 220 Å². The molecule has 8 heteroatoms. The van der Waals surface area contributed by atoms with Crippen LogP contribution in [0.2, 0.25) is 0 Å². The lowest BCUT2D eigenvalue weighted by molar-refractivity contribution is 0.313. The van der Waals surface area contributed by atoms with Crippen molar-refractivity contribution < 1.29 is 0 Å². The zero-order chi connectivity index (χ0) is 25.5. The van der Waals surface area contributed by atoms with Crippen LogP contribution in [-0.4, -0.2) is 71.7 Å². The number of benzene rings is 1. The van der Waals surface area contributed by atoms with Gasteiger partial charge in [-0.3, -0.25) is 0 Å². The number of hydrogen-bond acceptors (Lipinski definition) is 8. The summed E-state index contributed by atoms with van der Waals surface area (Å²) < 4.78 is 0. The summed E-state index contributed by atoms with van der Waals surface area (Å²) in [4.78, 5) is 24.3. The number of hydrogen-bond donors (Lipinski definition) is 1. The number of anilines is 6. The van der Waals surface area contributed by atoms with E-state index in [-0.39, 0.29) is 0 Å². The molecule has 2 saturated heterocycles. The fourth-order valence-electron chi connectivity index (χ4n) is 5.97. The maximum Gasteiger partial charge on any atom is 0.229 e. The number of piperazine rings is 1. The molecular weight excluding hydrogens is 460 g/mol. The summed E-state index contributed by atoms with van der Waals surface area (Å²) in [5.74, 6) is 3.93. The number of nitrogens with zero attached hydrogens (tertiary/aromatic N) is 7. The number of fused-ring (bicyclic) bond motifs is 1. The topological polar surface area (TPSA) is 63.7 Å². The summed E-state index contributed by atoms with van der Waals surface area (Å²) in [6.07, 6.45) is 4.41. The third-order valence-corrected chi connectivity index (χ3v) is 8.24. The van der Waals surface area contributed by atoms with Crippen LogP contribution in [-0.2, 0) is 0 Å². The average Bonchev–Trinajstić information content (AvgIpc) is 3.43. The van der Waals surface area contributed by atoms with Crippen molar-refractivity contribution in [3.05, 3.63) is 54.2 Å². The molecule has 1 N–H and O–H groups in total. The predicted molar refractivity (Wildman–Crippen MR) is 152 cm³/mol. The Kier molecular flexibility index (Phi) is 6.36. The van der Waals surface area contributed by atoms with Gasteiger partial charge >= 0.3 is 0 Å². The van der Waals surface area contributed by atoms with Crippen LogP contribution in [0.15, 0.2) is 48.7 Å². The van der Waals surface area contributed by atoms with Crippen molar-refractivity contribution in [2.24, 2.45) is 0 Å². The molecular formula is C29H38N8. The Bertz CT molecular complexity index is 1230. The molecule has 3 aliphatic rings. The molecule has 0 saturated carbocycles. The minimum Gasteiger partial charge on any atom is -0.369 e. The van der Waals surface area contributed by atoms with Crippen molar-refractivity contribution in [1.82, 2.24) is 19.9 Å². The largest absolute Gasteiger partial charge is 0.369 e. The fourth-order valence-corrected chi connectivity index (χ4v) is 5.97. The summed E-state index contributed by atoms with van der Waals surface area (Å²) in [5.41, 5.74) is 3.43. The van der Waals surface area contributed by atoms with E-state index in [1.807, 2.05) is 6.20 Å². The van der Waals surface area contributed by atoms with Crippen LogP contribution in [0.1, 0.15) is 45.1 Å². The van der Waals surface area contributed by atoms with E-state index in [1.54, 1.807) is 0 Å². The van der Waals surface area contributed by atoms with E-state index in [1.165, 1.54) is 24.1 Å². The Morgan fingerprint density at radius 1 is 0.838 bits per heavy atom. The number of pyridine rings is 1. The smallest absolute Gasteiger partial charge is 0.229 e. The first-order valence-electron chi connectivity index (χ1n) is 13.7. The lowest BCUT2D eigenvalue weighted by Gasteiger charge is -2.34. The third kappa shape index (κ3) is 4.70. The zero-order valence-corrected chi connectivity index (χ0v) is 22.4. The van der Waals surface area contributed by atoms with Gasteiger partial charge in [-0.25, -0.2) is 9.97 Å². The van der Waals surface area contributed by atoms with Gasteiger partial charge in [-0.05, 0) is 70.1 Å². The van der Waals surface area contributed by atoms with Gasteiger partial charge in [0.15, 0.2) is 0 Å². The standard InChI is InChI=1S/C29H38N8/c1-20-19-36(26-6-5-7-27(32-26)37-21(2)8-9-22(37)3)28-25(20)18-30-29(33-28)31-23-10-12-24(13-11-23)35-16-14-34(4)15-17-35/h5-7,10-13,18,20-22H,8-9,14-17,19H2,1-4H3,(H,30,31,33)/t20-,21+,22?/m1/s1. The zero-order valence-electron chi connectivity index (χ0n) is 22.4. The van der Waals surface area contributed by atoms with Crippen molar-refractivity contribution in [2.45, 2.75) is 51.6 Å². The van der Waals surface area contributed by atoms with Crippen LogP contribution in [0, 0.1) is 0 Å². The quantitative estimate of drug-likeness (QED) is 0.527. The van der Waals surface area contributed by atoms with Gasteiger partial charge in [0.05, 0.1) is 0 Å². The second kappa shape index (κ2) is 9.82. The maximum absolute atomic E-state index is 5.11. The van der Waals surface area contributed by atoms with Crippen LogP contribution in [0.25, 0.3) is 0 Å². The van der Waals surface area contributed by atoms with Crippen LogP contribution >= 0.6 is 0 Å². The first kappa shape index (κ1) is 24.0. The third-order valence-electron chi connectivity index (χ3n) is 8.24. The molecule has 194 valence electrons. The van der Waals surface area contributed by atoms with Crippen LogP contribution < -0.4 is 20.0 Å². The van der Waals surface area contributed by atoms with Crippen molar-refractivity contribution >= 4 is 34.8 Å². The van der Waals surface area contributed by atoms with Crippen molar-refractivity contribution in [3.63, 3.8) is 0 Å². The number of aromatic nitrogens is 3. The summed E-state index contributed by atoms with van der Waals surface area (Å²) in [7, 11) is 2.18. The molecule has 5 heterocycles. The SMILES string of the molecule is CC1CC[C@H](C)N1c1cccc(N2C[C@@H](C)c3cnc(Nc4ccc(N5CCN(C)CC5)cc4)nc32)n1. The molecule has 37 heavy (non-hydrogen) atoms. The van der Waals surface area contributed by atoms with E-state index in [2.05, 4.69) is 100 Å². The van der Waals surface area contributed by atoms with Gasteiger partial charge in [0.1, 0.15) is 17.5 Å². The Hall–Kier alpha value is -3.39. The highest BCUT2D eigenvalue weighted by molar-refractivity contribution is 5.68. The second-order valence-electron chi connectivity index (χ2n) is 11.0. The summed E-state index contributed by atoms with van der Waals surface area (Å²) in [6.45, 7) is 12.0. The van der Waals surface area contributed by atoms with E-state index in [0.717, 1.165) is 55.9 Å². The van der Waals surface area contributed by atoms with E-state index < -0.39 is 0 Å². The molecule has 3 atom stereocenters. The molecule has 0 radical (unpaired) electrons. The van der Waals surface area contributed by atoms with Crippen molar-refractivity contribution in [2.75, 3.05) is 59.8 Å². The van der Waals surface area contributed by atoms with Gasteiger partial charge in [-0.1, -0.05) is 13.0 Å². The minimum atomic E-state index is 0.349. The molecule has 0 spiro atoms. The van der Waals surface area contributed by atoms with E-state index in [9.17, 15) is 0 Å². The first-order valence-corrected chi connectivity index (χ1v) is 13.7. The summed E-state index contributed by atoms with van der Waals surface area (Å²) >= 11 is 0. The molecule has 3 aliphatic heterocycles. The monoisotopic (exact) mass is 498 g/mol. The highest BCUT2D eigenvalue weighted by atomic mass is 15.3. The van der Waals surface area contributed by atoms with E-state index >= 15 is 0 Å². The number of nitrogens with one attached hydrogen (secondary N) is 1. The van der Waals surface area contributed by atoms with Crippen molar-refractivity contribution in [1.29, 1.82) is 0 Å². The number of rotatable bonds is 5. The lowest BCUT2D eigenvalue weighted by Crippen LogP contribution is -2.44. The fraction of sp³-hybridized carbons (Fsp3) is 0.483. The first-order chi connectivity index (χ1) is 18.0. The molecule has 3 aromatic rings. The summed E-state index contributed by atoms with van der Waals surface area (Å²) in [5, 5.41) is 3.42. The molecule has 1 unspecified atom stereocenters. The van der Waals surface area contributed by atoms with Gasteiger partial charge in [-0.2, -0.15) is 4.98 Å². The Morgan fingerprint density at radius 3 is 2.27 bits per heavy atom. The van der Waals surface area contributed by atoms with Crippen LogP contribution in [0.5, 0.6) is 0 Å². The molecule has 8 nitrogen and oxygen atoms in total. The van der Waals surface area contributed by atoms with Gasteiger partial charge in [-0.15, -0.1) is 0 Å². The summed E-state index contributed by atoms with van der Waals surface area (Å²) in [6, 6.07) is 16.0. The van der Waals surface area contributed by atoms with E-state index in [4.69, 9.17) is 9.97 Å². The molecule has 0 bridgehead atoms. The predicted octanol–water partition coefficient (Wildman–Crippen LogP) is 5.00. The molecule has 6 rings (SSSR count). The van der Waals surface area contributed by atoms with Crippen molar-refractivity contribution in [3.8, 4) is 0 Å². The van der Waals surface area contributed by atoms with Gasteiger partial charge in [0, 0.05) is 73.9 Å². The highest BCUT2D eigenvalue weighted by Gasteiger charge is 2.32. The lowest BCUT2D eigenvalue weighted by atomic mass is 10.1. The second-order valence-corrected chi connectivity index (χ2v) is 11.0. The Morgan fingerprint density at radius 2 is 1.54 bits per heavy atom. The van der Waals surface area contributed by atoms with Gasteiger partial charge in [0.2, 0.25) is 5.95 Å². The normalized spacial score (nSPS) is 24.0. The van der Waals surface area contributed by atoms with Crippen LogP contribution in [0.4, 0.5) is 34.8 Å². The molecule has 0 aliphatic carbocycles. The molecule has 0 amide bonds. The highest BCUT2D eigenvalue weighted by Crippen LogP contribution is 2.40. The molecule has 2 fully saturated rings. The maximum atomic E-state index is 5.11. The average molecular weight is 499 g/mol. The minimum absolute atomic E-state index is 0.349. The van der Waals surface area contributed by atoms with Crippen LogP contribution in [0.3, 0.4) is 0 Å². The Balaban J connectivity index is 1.22. The van der Waals surface area contributed by atoms with Gasteiger partial charge in [0.25, 0.3) is 0 Å². The number of likely N-dealkylation sites (N-methyl/N-ethyl adjacent to an activating group) is 1. The molecule has 1 aromatic carbocycles. The molecule has 2 aromatic heterocycles.